The number of hydrogen-bond donors (Lipinski definition) is 3. The molecule has 1 radical (unpaired) electrons. The summed E-state index contributed by atoms with van der Waals surface area (Å²) in [5, 5.41) is 0. The van der Waals surface area contributed by atoms with Crippen molar-refractivity contribution in [1.82, 2.24) is 0 Å². The Morgan fingerprint density at radius 3 is 1.08 bits per heavy atom. The molecule has 0 spiro atoms. The van der Waals surface area contributed by atoms with Crippen LogP contribution in [0.25, 0.3) is 0 Å². The van der Waals surface area contributed by atoms with E-state index in [0.717, 1.165) is 0 Å². The van der Waals surface area contributed by atoms with Gasteiger partial charge in [0.15, 0.2) is 0 Å². The van der Waals surface area contributed by atoms with Crippen molar-refractivity contribution in [3.63, 3.8) is 0 Å². The zero-order valence-corrected chi connectivity index (χ0v) is 11.8. The molecule has 0 aliphatic carbocycles. The third kappa shape index (κ3) is 390. The van der Waals surface area contributed by atoms with Gasteiger partial charge >= 0.3 is 90.4 Å². The monoisotopic (exact) mass is 313 g/mol. The van der Waals surface area contributed by atoms with Crippen molar-refractivity contribution in [2.75, 3.05) is 0 Å². The van der Waals surface area contributed by atoms with E-state index in [1.807, 2.05) is 0 Å². The molecule has 3 N–H and O–H groups in total. The quantitative estimate of drug-likeness (QED) is 0.300. The molecule has 0 aliphatic rings. The van der Waals surface area contributed by atoms with Crippen molar-refractivity contribution in [1.29, 1.82) is 0 Å². The summed E-state index contributed by atoms with van der Waals surface area (Å²) in [5.74, 6) is 0. The maximum atomic E-state index is 8.74. The molecule has 0 rings (SSSR count). The summed E-state index contributed by atoms with van der Waals surface area (Å²) in [6.45, 7) is 0. The van der Waals surface area contributed by atoms with E-state index in [1.165, 1.54) is 0 Å². The molecular weight excluding hydrogens is 309 g/mol. The van der Waals surface area contributed by atoms with Gasteiger partial charge in [0.05, 0.1) is 0 Å². The molecule has 12 heavy (non-hydrogen) atoms. The van der Waals surface area contributed by atoms with Gasteiger partial charge in [-0.2, -0.15) is 8.42 Å². The van der Waals surface area contributed by atoms with Gasteiger partial charge in [-0.1, -0.05) is 0 Å². The van der Waals surface area contributed by atoms with Crippen LogP contribution in [0.3, 0.4) is 0 Å². The molecule has 0 saturated carbocycles. The molecule has 0 fully saturated rings. The molecule has 0 aromatic rings. The van der Waals surface area contributed by atoms with Crippen LogP contribution in [0.2, 0.25) is 0 Å². The molecule has 0 saturated heterocycles. The van der Waals surface area contributed by atoms with E-state index in [2.05, 4.69) is 0 Å². The van der Waals surface area contributed by atoms with Crippen LogP contribution in [-0.2, 0) is 51.9 Å². The van der Waals surface area contributed by atoms with Crippen molar-refractivity contribution >= 4 is 10.4 Å². The second-order valence-corrected chi connectivity index (χ2v) is 2.98. The van der Waals surface area contributed by atoms with Crippen LogP contribution >= 0.6 is 0 Å². The summed E-state index contributed by atoms with van der Waals surface area (Å²) in [6.07, 6.45) is 0. The first-order chi connectivity index (χ1) is 4.00. The van der Waals surface area contributed by atoms with Crippen molar-refractivity contribution in [3.05, 3.63) is 0 Å². The standard InChI is InChI=1S/K.2Mn.H2O4S.H2O.3O.H/c;;;1-5(2,3)4;;;;;/h;;;(H2,1,2,3,4);1H2;;;;/q+1;;+1;;;;;;-1/p-1. The maximum absolute atomic E-state index is 8.74. The molecule has 0 amide bonds. The average molecular weight is 313 g/mol. The van der Waals surface area contributed by atoms with Crippen LogP contribution in [0.4, 0.5) is 0 Å². The van der Waals surface area contributed by atoms with Gasteiger partial charge in [-0.25, -0.2) is 0 Å². The van der Waals surface area contributed by atoms with E-state index in [-0.39, 0.29) is 69.9 Å². The van der Waals surface area contributed by atoms with Crippen LogP contribution < -0.4 is 51.4 Å². The van der Waals surface area contributed by atoms with Gasteiger partial charge in [-0.3, -0.25) is 9.11 Å². The summed E-state index contributed by atoms with van der Waals surface area (Å²) in [6, 6.07) is 0. The van der Waals surface area contributed by atoms with Crippen molar-refractivity contribution < 1.29 is 116 Å². The Kier molecular flexibility index (Phi) is 18.6. The SMILES string of the molecule is O=S(=O)(O)O.[H-].[K+].[Mn].[O]=[Mn](=[O])(=[O])[OH]. The molecule has 73 valence electrons. The fraction of sp³-hybridized carbons (Fsp3) is 0. The molecule has 0 atom stereocenters. The minimum atomic E-state index is -5.38. The van der Waals surface area contributed by atoms with E-state index >= 15 is 0 Å². The van der Waals surface area contributed by atoms with Crippen molar-refractivity contribution in [2.45, 2.75) is 0 Å². The summed E-state index contributed by atoms with van der Waals surface area (Å²) in [4.78, 5) is 0. The Bertz CT molecular complexity index is 297. The summed E-state index contributed by atoms with van der Waals surface area (Å²) < 4.78 is 64.6. The summed E-state index contributed by atoms with van der Waals surface area (Å²) >= 11 is -5.38. The van der Waals surface area contributed by atoms with Crippen molar-refractivity contribution in [3.8, 4) is 0 Å². The molecule has 8 nitrogen and oxygen atoms in total. The zero-order valence-electron chi connectivity index (χ0n) is 6.55. The minimum absolute atomic E-state index is 0. The number of rotatable bonds is 0. The Balaban J connectivity index is -0.0000000267. The van der Waals surface area contributed by atoms with E-state index in [4.69, 9.17) is 33.2 Å². The number of hydrogen-bond acceptors (Lipinski definition) is 5. The van der Waals surface area contributed by atoms with Crippen LogP contribution in [-0.4, -0.2) is 21.7 Å². The van der Waals surface area contributed by atoms with Gasteiger partial charge in [0.25, 0.3) is 0 Å². The van der Waals surface area contributed by atoms with E-state index in [1.54, 1.807) is 0 Å². The summed E-state index contributed by atoms with van der Waals surface area (Å²) in [5.41, 5.74) is 0. The topological polar surface area (TPSA) is 146 Å². The second kappa shape index (κ2) is 9.46. The molecule has 0 unspecified atom stereocenters. The van der Waals surface area contributed by atoms with Gasteiger partial charge in [-0.05, 0) is 0 Å². The Labute approximate surface area is 124 Å². The van der Waals surface area contributed by atoms with Crippen LogP contribution in [0.5, 0.6) is 0 Å². The first-order valence-corrected chi connectivity index (χ1v) is 4.70. The fourth-order valence-corrected chi connectivity index (χ4v) is 0. The predicted molar refractivity (Wildman–Crippen MR) is 19.6 cm³/mol. The average Bonchev–Trinajstić information content (AvgIpc) is 1.12. The molecule has 0 aromatic heterocycles. The molecule has 0 heterocycles. The first kappa shape index (κ1) is 23.6. The van der Waals surface area contributed by atoms with Gasteiger partial charge in [0.2, 0.25) is 0 Å². The van der Waals surface area contributed by atoms with E-state index in [9.17, 15) is 0 Å². The van der Waals surface area contributed by atoms with Gasteiger partial charge < -0.3 is 1.43 Å². The molecule has 0 aromatic carbocycles. The molecule has 12 heteroatoms. The first-order valence-electron chi connectivity index (χ1n) is 1.33. The van der Waals surface area contributed by atoms with Crippen LogP contribution in [0, 0.1) is 0 Å². The van der Waals surface area contributed by atoms with E-state index in [0.29, 0.717) is 0 Å². The molecule has 0 aliphatic heterocycles. The van der Waals surface area contributed by atoms with Crippen LogP contribution in [0.15, 0.2) is 0 Å². The second-order valence-electron chi connectivity index (χ2n) is 0.844. The van der Waals surface area contributed by atoms with Gasteiger partial charge in [0, 0.05) is 17.1 Å². The van der Waals surface area contributed by atoms with E-state index < -0.39 is 23.4 Å². The Morgan fingerprint density at radius 2 is 1.08 bits per heavy atom. The summed E-state index contributed by atoms with van der Waals surface area (Å²) in [7, 11) is -4.67. The zero-order chi connectivity index (χ0) is 9.00. The normalized spacial score (nSPS) is 9.58. The van der Waals surface area contributed by atoms with Gasteiger partial charge in [-0.15, -0.1) is 0 Å². The third-order valence-electron chi connectivity index (χ3n) is 0. The fourth-order valence-electron chi connectivity index (χ4n) is 0. The Morgan fingerprint density at radius 1 is 1.08 bits per heavy atom. The van der Waals surface area contributed by atoms with Gasteiger partial charge in [0.1, 0.15) is 0 Å². The van der Waals surface area contributed by atoms with Crippen molar-refractivity contribution in [2.24, 2.45) is 0 Å². The third-order valence-corrected chi connectivity index (χ3v) is 0. The predicted octanol–water partition coefficient (Wildman–Crippen LogP) is -4.45. The molecular formula is H4KMn2O8S. The Hall–Kier alpha value is 1.91. The molecule has 0 bridgehead atoms. The van der Waals surface area contributed by atoms with Crippen LogP contribution in [0.1, 0.15) is 1.43 Å².